The number of hydrogen-bond acceptors (Lipinski definition) is 6. The second-order valence-corrected chi connectivity index (χ2v) is 8.50. The van der Waals surface area contributed by atoms with E-state index in [2.05, 4.69) is 14.5 Å². The number of nitrogens with zero attached hydrogens (tertiary/aromatic N) is 3. The van der Waals surface area contributed by atoms with Crippen LogP contribution < -0.4 is 9.47 Å². The third-order valence-electron chi connectivity index (χ3n) is 5.12. The van der Waals surface area contributed by atoms with Gasteiger partial charge in [-0.15, -0.1) is 0 Å². The normalized spacial score (nSPS) is 15.3. The average Bonchev–Trinajstić information content (AvgIpc) is 2.99. The summed E-state index contributed by atoms with van der Waals surface area (Å²) in [6.07, 6.45) is -0.103. The smallest absolute Gasteiger partial charge is 0.174 e. The van der Waals surface area contributed by atoms with Crippen LogP contribution in [0, 0.1) is 27.7 Å². The number of carbonyl (C=O) groups excluding carboxylic acids is 1. The van der Waals surface area contributed by atoms with Gasteiger partial charge >= 0.3 is 0 Å². The Hall–Kier alpha value is -2.80. The predicted octanol–water partition coefficient (Wildman–Crippen LogP) is 4.33. The third kappa shape index (κ3) is 4.36. The van der Waals surface area contributed by atoms with Crippen LogP contribution >= 0.6 is 11.8 Å². The van der Waals surface area contributed by atoms with Crippen molar-refractivity contribution in [3.8, 4) is 11.5 Å². The van der Waals surface area contributed by atoms with E-state index in [9.17, 15) is 4.79 Å². The van der Waals surface area contributed by atoms with Crippen molar-refractivity contribution in [1.29, 1.82) is 0 Å². The molecule has 0 bridgehead atoms. The van der Waals surface area contributed by atoms with E-state index >= 15 is 0 Å². The fourth-order valence-electron chi connectivity index (χ4n) is 3.70. The van der Waals surface area contributed by atoms with Crippen LogP contribution in [0.15, 0.2) is 41.4 Å². The highest BCUT2D eigenvalue weighted by Crippen LogP contribution is 2.31. The Morgan fingerprint density at radius 2 is 1.90 bits per heavy atom. The molecule has 1 aromatic carbocycles. The summed E-state index contributed by atoms with van der Waals surface area (Å²) >= 11 is 1.45. The number of aryl methyl sites for hydroxylation is 3. The molecule has 3 heterocycles. The van der Waals surface area contributed by atoms with Crippen LogP contribution in [-0.4, -0.2) is 38.8 Å². The molecule has 0 saturated heterocycles. The average molecular weight is 424 g/mol. The van der Waals surface area contributed by atoms with Gasteiger partial charge in [0.15, 0.2) is 23.4 Å². The number of para-hydroxylation sites is 2. The molecular weight excluding hydrogens is 398 g/mol. The molecule has 0 fully saturated rings. The molecule has 0 N–H and O–H groups in total. The first kappa shape index (κ1) is 20.5. The molecule has 156 valence electrons. The van der Waals surface area contributed by atoms with E-state index in [4.69, 9.17) is 9.47 Å². The van der Waals surface area contributed by atoms with E-state index in [0.717, 1.165) is 45.0 Å². The van der Waals surface area contributed by atoms with Crippen molar-refractivity contribution in [2.45, 2.75) is 45.4 Å². The van der Waals surface area contributed by atoms with E-state index in [1.54, 1.807) is 0 Å². The summed E-state index contributed by atoms with van der Waals surface area (Å²) in [6.45, 7) is 8.93. The minimum Gasteiger partial charge on any atom is -0.486 e. The molecule has 1 aliphatic heterocycles. The molecule has 1 unspecified atom stereocenters. The number of benzene rings is 1. The molecule has 0 aliphatic carbocycles. The molecule has 3 aromatic rings. The quantitative estimate of drug-likeness (QED) is 0.334. The minimum absolute atomic E-state index is 0.0967. The van der Waals surface area contributed by atoms with Gasteiger partial charge in [0, 0.05) is 22.6 Å². The third-order valence-corrected chi connectivity index (χ3v) is 6.03. The highest BCUT2D eigenvalue weighted by molar-refractivity contribution is 7.99. The van der Waals surface area contributed by atoms with Crippen molar-refractivity contribution in [2.24, 2.45) is 0 Å². The van der Waals surface area contributed by atoms with Crippen LogP contribution in [0.5, 0.6) is 11.5 Å². The summed E-state index contributed by atoms with van der Waals surface area (Å²) in [5, 5.41) is 0.827. The second-order valence-electron chi connectivity index (χ2n) is 7.50. The van der Waals surface area contributed by atoms with Crippen molar-refractivity contribution >= 4 is 17.5 Å². The molecule has 1 aliphatic rings. The molecule has 6 nitrogen and oxygen atoms in total. The summed E-state index contributed by atoms with van der Waals surface area (Å²) in [5.41, 5.74) is 3.65. The molecule has 0 amide bonds. The molecule has 0 saturated carbocycles. The van der Waals surface area contributed by atoms with E-state index in [-0.39, 0.29) is 11.9 Å². The number of thioether (sulfide) groups is 1. The molecular formula is C23H25N3O3S. The first-order valence-electron chi connectivity index (χ1n) is 9.94. The van der Waals surface area contributed by atoms with Gasteiger partial charge in [-0.1, -0.05) is 23.9 Å². The van der Waals surface area contributed by atoms with Gasteiger partial charge in [0.05, 0.1) is 12.3 Å². The van der Waals surface area contributed by atoms with Crippen LogP contribution in [0.4, 0.5) is 0 Å². The minimum atomic E-state index is -0.103. The van der Waals surface area contributed by atoms with Crippen molar-refractivity contribution in [3.05, 3.63) is 64.9 Å². The monoisotopic (exact) mass is 423 g/mol. The van der Waals surface area contributed by atoms with Crippen LogP contribution in [-0.2, 0) is 6.54 Å². The second kappa shape index (κ2) is 8.52. The summed E-state index contributed by atoms with van der Waals surface area (Å²) in [6, 6.07) is 11.6. The van der Waals surface area contributed by atoms with Gasteiger partial charge < -0.3 is 14.0 Å². The van der Waals surface area contributed by atoms with Gasteiger partial charge in [-0.3, -0.25) is 4.79 Å². The number of ketones is 1. The standard InChI is InChI=1S/C23H25N3O3S/c1-14-9-23(25-17(4)24-14)30-13-20(27)19-10-15(2)26(16(19)3)11-18-12-28-21-7-5-6-8-22(21)29-18/h5-10,18H,11-13H2,1-4H3. The van der Waals surface area contributed by atoms with Crippen LogP contribution in [0.2, 0.25) is 0 Å². The Labute approximate surface area is 180 Å². The molecule has 30 heavy (non-hydrogen) atoms. The molecule has 2 aromatic heterocycles. The Balaban J connectivity index is 1.44. The first-order chi connectivity index (χ1) is 14.4. The number of rotatable bonds is 6. The zero-order valence-electron chi connectivity index (χ0n) is 17.6. The molecule has 1 atom stereocenters. The highest BCUT2D eigenvalue weighted by atomic mass is 32.2. The lowest BCUT2D eigenvalue weighted by atomic mass is 10.2. The highest BCUT2D eigenvalue weighted by Gasteiger charge is 2.24. The summed E-state index contributed by atoms with van der Waals surface area (Å²) in [7, 11) is 0. The summed E-state index contributed by atoms with van der Waals surface area (Å²) < 4.78 is 14.1. The zero-order valence-corrected chi connectivity index (χ0v) is 18.5. The number of ether oxygens (including phenoxy) is 2. The lowest BCUT2D eigenvalue weighted by Gasteiger charge is -2.27. The first-order valence-corrected chi connectivity index (χ1v) is 10.9. The summed E-state index contributed by atoms with van der Waals surface area (Å²) in [5.74, 6) is 2.70. The Morgan fingerprint density at radius 1 is 1.13 bits per heavy atom. The van der Waals surface area contributed by atoms with Crippen molar-refractivity contribution in [1.82, 2.24) is 14.5 Å². The van der Waals surface area contributed by atoms with Gasteiger partial charge in [0.2, 0.25) is 0 Å². The molecule has 7 heteroatoms. The van der Waals surface area contributed by atoms with Gasteiger partial charge in [0.25, 0.3) is 0 Å². The fourth-order valence-corrected chi connectivity index (χ4v) is 4.58. The zero-order chi connectivity index (χ0) is 21.3. The van der Waals surface area contributed by atoms with Crippen molar-refractivity contribution in [3.63, 3.8) is 0 Å². The summed E-state index contributed by atoms with van der Waals surface area (Å²) in [4.78, 5) is 21.6. The van der Waals surface area contributed by atoms with Crippen LogP contribution in [0.3, 0.4) is 0 Å². The fraction of sp³-hybridized carbons (Fsp3) is 0.348. The van der Waals surface area contributed by atoms with E-state index in [0.29, 0.717) is 18.9 Å². The maximum Gasteiger partial charge on any atom is 0.174 e. The largest absolute Gasteiger partial charge is 0.486 e. The van der Waals surface area contributed by atoms with Gasteiger partial charge in [-0.2, -0.15) is 0 Å². The lowest BCUT2D eigenvalue weighted by Crippen LogP contribution is -2.33. The number of Topliss-reactive ketones (excluding diaryl/α,β-unsaturated/α-hetero) is 1. The Kier molecular flexibility index (Phi) is 5.81. The Morgan fingerprint density at radius 3 is 2.67 bits per heavy atom. The maximum atomic E-state index is 12.9. The molecule has 0 radical (unpaired) electrons. The van der Waals surface area contributed by atoms with E-state index < -0.39 is 0 Å². The SMILES string of the molecule is Cc1cc(SCC(=O)c2cc(C)n(CC3COc4ccccc4O3)c2C)nc(C)n1. The molecule has 0 spiro atoms. The van der Waals surface area contributed by atoms with Gasteiger partial charge in [-0.05, 0) is 52.0 Å². The maximum absolute atomic E-state index is 12.9. The van der Waals surface area contributed by atoms with E-state index in [1.807, 2.05) is 64.1 Å². The predicted molar refractivity (Wildman–Crippen MR) is 117 cm³/mol. The number of aromatic nitrogens is 3. The topological polar surface area (TPSA) is 66.2 Å². The molecule has 4 rings (SSSR count). The number of carbonyl (C=O) groups is 1. The van der Waals surface area contributed by atoms with Gasteiger partial charge in [0.1, 0.15) is 17.5 Å². The Bertz CT molecular complexity index is 1070. The van der Waals surface area contributed by atoms with E-state index in [1.165, 1.54) is 11.8 Å². The van der Waals surface area contributed by atoms with Gasteiger partial charge in [-0.25, -0.2) is 9.97 Å². The number of hydrogen-bond donors (Lipinski definition) is 0. The van der Waals surface area contributed by atoms with Crippen molar-refractivity contribution in [2.75, 3.05) is 12.4 Å². The van der Waals surface area contributed by atoms with Crippen LogP contribution in [0.25, 0.3) is 0 Å². The lowest BCUT2D eigenvalue weighted by molar-refractivity contribution is 0.0777. The van der Waals surface area contributed by atoms with Crippen molar-refractivity contribution < 1.29 is 14.3 Å². The number of fused-ring (bicyclic) bond motifs is 1. The van der Waals surface area contributed by atoms with Crippen LogP contribution in [0.1, 0.15) is 33.3 Å².